The van der Waals surface area contributed by atoms with E-state index in [9.17, 15) is 4.79 Å². The molecule has 4 rings (SSSR count). The number of rotatable bonds is 5. The third-order valence-corrected chi connectivity index (χ3v) is 5.35. The fourth-order valence-electron chi connectivity index (χ4n) is 3.19. The van der Waals surface area contributed by atoms with Crippen molar-refractivity contribution < 1.29 is 0 Å². The van der Waals surface area contributed by atoms with E-state index in [1.165, 1.54) is 35.1 Å². The molecule has 0 aromatic carbocycles. The summed E-state index contributed by atoms with van der Waals surface area (Å²) >= 11 is 1.68. The summed E-state index contributed by atoms with van der Waals surface area (Å²) in [4.78, 5) is 24.9. The Balaban J connectivity index is 1.51. The van der Waals surface area contributed by atoms with Crippen LogP contribution in [0, 0.1) is 0 Å². The maximum atomic E-state index is 12.4. The molecule has 8 heteroatoms. The number of nitrogens with zero attached hydrogens (tertiary/aromatic N) is 4. The molecule has 3 aromatic rings. The topological polar surface area (TPSA) is 78.3 Å². The fraction of sp³-hybridized carbons (Fsp3) is 0.471. The molecule has 3 aromatic heterocycles. The molecule has 0 aliphatic carbocycles. The summed E-state index contributed by atoms with van der Waals surface area (Å²) in [5.41, 5.74) is 0.676. The predicted octanol–water partition coefficient (Wildman–Crippen LogP) is 2.47. The molecule has 0 spiro atoms. The van der Waals surface area contributed by atoms with Gasteiger partial charge in [-0.05, 0) is 37.4 Å². The van der Waals surface area contributed by atoms with Crippen molar-refractivity contribution in [3.8, 4) is 0 Å². The Morgan fingerprint density at radius 2 is 2.04 bits per heavy atom. The molecule has 2 N–H and O–H groups in total. The first-order valence-corrected chi connectivity index (χ1v) is 9.63. The lowest BCUT2D eigenvalue weighted by Gasteiger charge is -2.18. The summed E-state index contributed by atoms with van der Waals surface area (Å²) < 4.78 is 1.39. The number of anilines is 1. The molecule has 0 bridgehead atoms. The molecular formula is C17H22N6OS. The van der Waals surface area contributed by atoms with Crippen LogP contribution in [0.25, 0.3) is 5.78 Å². The summed E-state index contributed by atoms with van der Waals surface area (Å²) in [5, 5.41) is 8.22. The van der Waals surface area contributed by atoms with Crippen LogP contribution in [-0.2, 0) is 13.1 Å². The second-order valence-electron chi connectivity index (χ2n) is 6.42. The van der Waals surface area contributed by atoms with Crippen LogP contribution < -0.4 is 10.9 Å². The smallest absolute Gasteiger partial charge is 0.274 e. The number of nitrogens with one attached hydrogen (secondary N) is 2. The van der Waals surface area contributed by atoms with Gasteiger partial charge in [0.05, 0.1) is 12.2 Å². The van der Waals surface area contributed by atoms with E-state index < -0.39 is 0 Å². The molecule has 1 aliphatic rings. The SMILES string of the molecule is O=c1cc(CN2CCCCCC2)nc2nc(NCc3cccs3)[nH]n12. The van der Waals surface area contributed by atoms with Crippen molar-refractivity contribution in [2.45, 2.75) is 38.8 Å². The van der Waals surface area contributed by atoms with Crippen LogP contribution in [0.5, 0.6) is 0 Å². The van der Waals surface area contributed by atoms with Crippen molar-refractivity contribution in [3.63, 3.8) is 0 Å². The van der Waals surface area contributed by atoms with Gasteiger partial charge in [0.25, 0.3) is 11.3 Å². The molecule has 25 heavy (non-hydrogen) atoms. The largest absolute Gasteiger partial charge is 0.350 e. The van der Waals surface area contributed by atoms with Gasteiger partial charge in [0, 0.05) is 17.5 Å². The van der Waals surface area contributed by atoms with Gasteiger partial charge in [0.15, 0.2) is 0 Å². The summed E-state index contributed by atoms with van der Waals surface area (Å²) in [6.45, 7) is 3.55. The second kappa shape index (κ2) is 7.37. The van der Waals surface area contributed by atoms with Crippen LogP contribution >= 0.6 is 11.3 Å². The maximum absolute atomic E-state index is 12.4. The Morgan fingerprint density at radius 1 is 1.20 bits per heavy atom. The van der Waals surface area contributed by atoms with Crippen molar-refractivity contribution in [2.24, 2.45) is 0 Å². The number of H-pyrrole nitrogens is 1. The average molecular weight is 358 g/mol. The van der Waals surface area contributed by atoms with Gasteiger partial charge in [-0.15, -0.1) is 11.3 Å². The molecule has 0 unspecified atom stereocenters. The molecule has 1 fully saturated rings. The fourth-order valence-corrected chi connectivity index (χ4v) is 3.84. The van der Waals surface area contributed by atoms with E-state index in [0.717, 1.165) is 25.3 Å². The monoisotopic (exact) mass is 358 g/mol. The quantitative estimate of drug-likeness (QED) is 0.732. The Kier molecular flexibility index (Phi) is 4.80. The average Bonchev–Trinajstić information content (AvgIpc) is 3.18. The Bertz CT molecular complexity index is 876. The van der Waals surface area contributed by atoms with Gasteiger partial charge in [-0.2, -0.15) is 9.50 Å². The molecule has 0 radical (unpaired) electrons. The first-order chi connectivity index (χ1) is 12.3. The van der Waals surface area contributed by atoms with E-state index in [1.807, 2.05) is 11.4 Å². The van der Waals surface area contributed by atoms with E-state index in [-0.39, 0.29) is 5.56 Å². The number of aromatic nitrogens is 4. The number of likely N-dealkylation sites (tertiary alicyclic amines) is 1. The standard InChI is InChI=1S/C17H22N6OS/c24-15-10-13(12-22-7-3-1-2-4-8-22)19-17-20-16(21-23(15)17)18-11-14-6-5-9-25-14/h5-6,9-10H,1-4,7-8,11-12H2,(H2,18,19,20,21). The van der Waals surface area contributed by atoms with E-state index in [2.05, 4.69) is 31.3 Å². The zero-order chi connectivity index (χ0) is 17.1. The summed E-state index contributed by atoms with van der Waals surface area (Å²) in [6.07, 6.45) is 5.04. The zero-order valence-electron chi connectivity index (χ0n) is 14.1. The van der Waals surface area contributed by atoms with Crippen LogP contribution in [0.2, 0.25) is 0 Å². The van der Waals surface area contributed by atoms with Crippen LogP contribution in [0.1, 0.15) is 36.3 Å². The van der Waals surface area contributed by atoms with E-state index in [1.54, 1.807) is 17.4 Å². The van der Waals surface area contributed by atoms with Crippen molar-refractivity contribution >= 4 is 23.1 Å². The predicted molar refractivity (Wildman–Crippen MR) is 99.0 cm³/mol. The first kappa shape index (κ1) is 16.3. The van der Waals surface area contributed by atoms with Gasteiger partial charge in [0.2, 0.25) is 5.95 Å². The molecule has 0 amide bonds. The molecular weight excluding hydrogens is 336 g/mol. The molecule has 4 heterocycles. The summed E-state index contributed by atoms with van der Waals surface area (Å²) in [5.74, 6) is 0.982. The molecule has 7 nitrogen and oxygen atoms in total. The van der Waals surface area contributed by atoms with Crippen molar-refractivity contribution in [3.05, 3.63) is 44.5 Å². The lowest BCUT2D eigenvalue weighted by molar-refractivity contribution is 0.273. The summed E-state index contributed by atoms with van der Waals surface area (Å²) in [6, 6.07) is 5.69. The molecule has 132 valence electrons. The number of hydrogen-bond acceptors (Lipinski definition) is 6. The van der Waals surface area contributed by atoms with Crippen LogP contribution in [0.4, 0.5) is 5.95 Å². The van der Waals surface area contributed by atoms with Gasteiger partial charge in [-0.3, -0.25) is 14.8 Å². The van der Waals surface area contributed by atoms with Crippen molar-refractivity contribution in [2.75, 3.05) is 18.4 Å². The van der Waals surface area contributed by atoms with Crippen molar-refractivity contribution in [1.82, 2.24) is 24.5 Å². The third-order valence-electron chi connectivity index (χ3n) is 4.48. The van der Waals surface area contributed by atoms with E-state index >= 15 is 0 Å². The van der Waals surface area contributed by atoms with Crippen LogP contribution in [0.15, 0.2) is 28.4 Å². The minimum atomic E-state index is -0.119. The highest BCUT2D eigenvalue weighted by atomic mass is 32.1. The molecule has 1 aliphatic heterocycles. The molecule has 0 saturated carbocycles. The highest BCUT2D eigenvalue weighted by molar-refractivity contribution is 7.09. The van der Waals surface area contributed by atoms with Crippen LogP contribution in [0.3, 0.4) is 0 Å². The van der Waals surface area contributed by atoms with Gasteiger partial charge in [-0.1, -0.05) is 18.9 Å². The number of thiophene rings is 1. The van der Waals surface area contributed by atoms with Crippen LogP contribution in [-0.4, -0.2) is 37.6 Å². The highest BCUT2D eigenvalue weighted by Gasteiger charge is 2.13. The number of fused-ring (bicyclic) bond motifs is 1. The van der Waals surface area contributed by atoms with Crippen molar-refractivity contribution in [1.29, 1.82) is 0 Å². The van der Waals surface area contributed by atoms with Gasteiger partial charge in [0.1, 0.15) is 0 Å². The Morgan fingerprint density at radius 3 is 2.80 bits per heavy atom. The Hall–Kier alpha value is -2.19. The second-order valence-corrected chi connectivity index (χ2v) is 7.45. The van der Waals surface area contributed by atoms with Gasteiger partial charge >= 0.3 is 0 Å². The minimum absolute atomic E-state index is 0.119. The molecule has 0 atom stereocenters. The maximum Gasteiger partial charge on any atom is 0.274 e. The van der Waals surface area contributed by atoms with Gasteiger partial charge in [-0.25, -0.2) is 4.98 Å². The first-order valence-electron chi connectivity index (χ1n) is 8.75. The highest BCUT2D eigenvalue weighted by Crippen LogP contribution is 2.13. The normalized spacial score (nSPS) is 16.2. The van der Waals surface area contributed by atoms with E-state index in [4.69, 9.17) is 0 Å². The van der Waals surface area contributed by atoms with Gasteiger partial charge < -0.3 is 5.32 Å². The lowest BCUT2D eigenvalue weighted by Crippen LogP contribution is -2.26. The summed E-state index contributed by atoms with van der Waals surface area (Å²) in [7, 11) is 0. The zero-order valence-corrected chi connectivity index (χ0v) is 14.9. The third kappa shape index (κ3) is 3.91. The van der Waals surface area contributed by atoms with E-state index in [0.29, 0.717) is 18.3 Å². The molecule has 1 saturated heterocycles. The Labute approximate surface area is 149 Å². The lowest BCUT2D eigenvalue weighted by atomic mass is 10.2. The minimum Gasteiger partial charge on any atom is -0.350 e. The number of aromatic amines is 1. The number of hydrogen-bond donors (Lipinski definition) is 2.